The van der Waals surface area contributed by atoms with Gasteiger partial charge < -0.3 is 20.0 Å². The van der Waals surface area contributed by atoms with Crippen molar-refractivity contribution in [2.24, 2.45) is 0 Å². The molecule has 1 atom stereocenters. The molecule has 1 rings (SSSR count). The molecule has 1 heterocycles. The van der Waals surface area contributed by atoms with Crippen LogP contribution >= 0.6 is 0 Å². The number of hydrogen-bond acceptors (Lipinski definition) is 3. The second kappa shape index (κ2) is 8.09. The summed E-state index contributed by atoms with van der Waals surface area (Å²) in [4.78, 5) is 29.6. The lowest BCUT2D eigenvalue weighted by atomic mass is 10.2. The first kappa shape index (κ1) is 16.8. The van der Waals surface area contributed by atoms with Crippen LogP contribution < -0.4 is 5.32 Å². The molecule has 1 fully saturated rings. The van der Waals surface area contributed by atoms with Crippen LogP contribution in [0.4, 0.5) is 4.79 Å². The van der Waals surface area contributed by atoms with Gasteiger partial charge in [-0.3, -0.25) is 4.79 Å². The third-order valence-corrected chi connectivity index (χ3v) is 3.67. The van der Waals surface area contributed by atoms with Crippen LogP contribution in [0.5, 0.6) is 0 Å². The third-order valence-electron chi connectivity index (χ3n) is 3.67. The van der Waals surface area contributed by atoms with Crippen molar-refractivity contribution in [3.8, 4) is 0 Å². The molecule has 1 N–H and O–H groups in total. The van der Waals surface area contributed by atoms with Gasteiger partial charge in [-0.2, -0.15) is 0 Å². The molecule has 1 aliphatic heterocycles. The van der Waals surface area contributed by atoms with Crippen LogP contribution in [0.25, 0.3) is 0 Å². The largest absolute Gasteiger partial charge is 0.339 e. The molecule has 1 aliphatic rings. The van der Waals surface area contributed by atoms with E-state index in [1.54, 1.807) is 4.90 Å². The van der Waals surface area contributed by atoms with Crippen LogP contribution in [0.3, 0.4) is 0 Å². The Morgan fingerprint density at radius 2 is 1.70 bits per heavy atom. The van der Waals surface area contributed by atoms with Crippen LogP contribution in [0.2, 0.25) is 0 Å². The van der Waals surface area contributed by atoms with E-state index in [0.29, 0.717) is 32.6 Å². The fourth-order valence-corrected chi connectivity index (χ4v) is 2.04. The van der Waals surface area contributed by atoms with Gasteiger partial charge in [0.1, 0.15) is 0 Å². The summed E-state index contributed by atoms with van der Waals surface area (Å²) in [6, 6.07) is 0.182. The van der Waals surface area contributed by atoms with Gasteiger partial charge in [-0.15, -0.1) is 0 Å². The molecule has 0 aliphatic carbocycles. The Kier molecular flexibility index (Phi) is 6.78. The van der Waals surface area contributed by atoms with Crippen molar-refractivity contribution in [3.63, 3.8) is 0 Å². The molecule has 0 aromatic carbocycles. The van der Waals surface area contributed by atoms with Crippen molar-refractivity contribution >= 4 is 11.9 Å². The molecular formula is C14H28N4O2. The number of hydrogen-bond donors (Lipinski definition) is 1. The smallest absolute Gasteiger partial charge is 0.317 e. The Labute approximate surface area is 122 Å². The molecular weight excluding hydrogens is 256 g/mol. The fraction of sp³-hybridized carbons (Fsp3) is 0.857. The molecule has 0 saturated carbocycles. The lowest BCUT2D eigenvalue weighted by Crippen LogP contribution is -2.54. The maximum Gasteiger partial charge on any atom is 0.317 e. The number of nitrogens with zero attached hydrogens (tertiary/aromatic N) is 3. The highest BCUT2D eigenvalue weighted by Crippen LogP contribution is 2.05. The van der Waals surface area contributed by atoms with Gasteiger partial charge >= 0.3 is 6.03 Å². The van der Waals surface area contributed by atoms with Crippen LogP contribution in [0.15, 0.2) is 0 Å². The van der Waals surface area contributed by atoms with Gasteiger partial charge in [0.15, 0.2) is 0 Å². The summed E-state index contributed by atoms with van der Waals surface area (Å²) in [6.45, 7) is 7.34. The van der Waals surface area contributed by atoms with Crippen molar-refractivity contribution in [2.75, 3.05) is 46.8 Å². The lowest BCUT2D eigenvalue weighted by Gasteiger charge is -2.35. The number of nitrogens with one attached hydrogen (secondary N) is 1. The monoisotopic (exact) mass is 284 g/mol. The van der Waals surface area contributed by atoms with Crippen LogP contribution in [-0.4, -0.2) is 79.5 Å². The van der Waals surface area contributed by atoms with Gasteiger partial charge in [0.05, 0.1) is 0 Å². The summed E-state index contributed by atoms with van der Waals surface area (Å²) in [5.74, 6) is 0.181. The molecule has 6 nitrogen and oxygen atoms in total. The first-order chi connectivity index (χ1) is 9.43. The first-order valence-corrected chi connectivity index (χ1v) is 7.42. The Morgan fingerprint density at radius 1 is 1.15 bits per heavy atom. The number of piperazine rings is 1. The fourth-order valence-electron chi connectivity index (χ4n) is 2.04. The summed E-state index contributed by atoms with van der Waals surface area (Å²) in [5, 5.41) is 2.96. The van der Waals surface area contributed by atoms with E-state index in [1.165, 1.54) is 0 Å². The molecule has 20 heavy (non-hydrogen) atoms. The third kappa shape index (κ3) is 5.36. The van der Waals surface area contributed by atoms with E-state index in [0.717, 1.165) is 13.0 Å². The predicted octanol–water partition coefficient (Wildman–Crippen LogP) is 0.590. The zero-order valence-corrected chi connectivity index (χ0v) is 13.2. The topological polar surface area (TPSA) is 55.9 Å². The highest BCUT2D eigenvalue weighted by Gasteiger charge is 2.24. The summed E-state index contributed by atoms with van der Waals surface area (Å²) in [5.41, 5.74) is 0. The van der Waals surface area contributed by atoms with Gasteiger partial charge in [0, 0.05) is 45.2 Å². The molecule has 0 aromatic heterocycles. The summed E-state index contributed by atoms with van der Waals surface area (Å²) >= 11 is 0. The van der Waals surface area contributed by atoms with Crippen molar-refractivity contribution < 1.29 is 9.59 Å². The molecule has 0 spiro atoms. The van der Waals surface area contributed by atoms with Gasteiger partial charge in [0.25, 0.3) is 0 Å². The van der Waals surface area contributed by atoms with Crippen LogP contribution in [0, 0.1) is 0 Å². The molecule has 1 saturated heterocycles. The average molecular weight is 284 g/mol. The number of carbonyl (C=O) groups is 2. The van der Waals surface area contributed by atoms with Gasteiger partial charge in [-0.25, -0.2) is 4.79 Å². The molecule has 0 radical (unpaired) electrons. The van der Waals surface area contributed by atoms with Crippen molar-refractivity contribution in [2.45, 2.75) is 32.7 Å². The van der Waals surface area contributed by atoms with E-state index in [-0.39, 0.29) is 18.0 Å². The van der Waals surface area contributed by atoms with E-state index < -0.39 is 0 Å². The molecule has 1 unspecified atom stereocenters. The second-order valence-corrected chi connectivity index (χ2v) is 5.68. The van der Waals surface area contributed by atoms with E-state index >= 15 is 0 Å². The Balaban J connectivity index is 2.32. The molecule has 0 aromatic rings. The Bertz CT molecular complexity index is 325. The zero-order valence-electron chi connectivity index (χ0n) is 13.2. The molecule has 3 amide bonds. The predicted molar refractivity (Wildman–Crippen MR) is 79.6 cm³/mol. The standard InChI is InChI=1S/C14H28N4O2/c1-5-12(2)15-14(20)18-10-8-17(9-11-18)13(19)6-7-16(3)4/h12H,5-11H2,1-4H3,(H,15,20). The van der Waals surface area contributed by atoms with Gasteiger partial charge in [0.2, 0.25) is 5.91 Å². The Morgan fingerprint density at radius 3 is 2.20 bits per heavy atom. The summed E-state index contributed by atoms with van der Waals surface area (Å²) in [7, 11) is 3.93. The van der Waals surface area contributed by atoms with Crippen LogP contribution in [0.1, 0.15) is 26.7 Å². The first-order valence-electron chi connectivity index (χ1n) is 7.42. The molecule has 116 valence electrons. The zero-order chi connectivity index (χ0) is 15.1. The van der Waals surface area contributed by atoms with E-state index in [1.807, 2.05) is 37.7 Å². The highest BCUT2D eigenvalue weighted by molar-refractivity contribution is 5.78. The lowest BCUT2D eigenvalue weighted by molar-refractivity contribution is -0.132. The van der Waals surface area contributed by atoms with E-state index in [2.05, 4.69) is 5.32 Å². The number of amides is 3. The number of urea groups is 1. The molecule has 6 heteroatoms. The minimum Gasteiger partial charge on any atom is -0.339 e. The number of carbonyl (C=O) groups excluding carboxylic acids is 2. The van der Waals surface area contributed by atoms with E-state index in [4.69, 9.17) is 0 Å². The normalized spacial score (nSPS) is 17.2. The van der Waals surface area contributed by atoms with E-state index in [9.17, 15) is 9.59 Å². The van der Waals surface area contributed by atoms with Crippen molar-refractivity contribution in [1.82, 2.24) is 20.0 Å². The van der Waals surface area contributed by atoms with Crippen molar-refractivity contribution in [3.05, 3.63) is 0 Å². The minimum atomic E-state index is -0.0141. The maximum atomic E-state index is 12.0. The minimum absolute atomic E-state index is 0.0141. The SMILES string of the molecule is CCC(C)NC(=O)N1CCN(C(=O)CCN(C)C)CC1. The summed E-state index contributed by atoms with van der Waals surface area (Å²) in [6.07, 6.45) is 1.47. The molecule has 0 bridgehead atoms. The maximum absolute atomic E-state index is 12.0. The quantitative estimate of drug-likeness (QED) is 0.804. The average Bonchev–Trinajstić information content (AvgIpc) is 2.44. The van der Waals surface area contributed by atoms with Gasteiger partial charge in [-0.1, -0.05) is 6.92 Å². The van der Waals surface area contributed by atoms with Gasteiger partial charge in [-0.05, 0) is 27.4 Å². The second-order valence-electron chi connectivity index (χ2n) is 5.68. The van der Waals surface area contributed by atoms with Crippen LogP contribution in [-0.2, 0) is 4.79 Å². The number of rotatable bonds is 5. The van der Waals surface area contributed by atoms with Crippen molar-refractivity contribution in [1.29, 1.82) is 0 Å². The highest BCUT2D eigenvalue weighted by atomic mass is 16.2. The summed E-state index contributed by atoms with van der Waals surface area (Å²) < 4.78 is 0. The Hall–Kier alpha value is -1.30.